The van der Waals surface area contributed by atoms with Gasteiger partial charge in [0.2, 0.25) is 0 Å². The third kappa shape index (κ3) is 9.07. The van der Waals surface area contributed by atoms with Gasteiger partial charge in [-0.1, -0.05) is 43.1 Å². The molecule has 0 saturated heterocycles. The summed E-state index contributed by atoms with van der Waals surface area (Å²) in [7, 11) is 0. The monoisotopic (exact) mass is 306 g/mol. The minimum atomic E-state index is -0.0440. The first kappa shape index (κ1) is 19.0. The Bertz CT molecular complexity index is 355. The molecule has 0 amide bonds. The normalized spacial score (nSPS) is 18.5. The van der Waals surface area contributed by atoms with Crippen molar-refractivity contribution in [1.82, 2.24) is 0 Å². The first-order valence-electron chi connectivity index (χ1n) is 9.21. The molecule has 1 atom stereocenters. The number of ether oxygens (including phenoxy) is 1. The fraction of sp³-hybridized carbons (Fsp3) is 0.750. The van der Waals surface area contributed by atoms with Crippen molar-refractivity contribution in [2.75, 3.05) is 6.61 Å². The van der Waals surface area contributed by atoms with E-state index < -0.39 is 0 Å². The van der Waals surface area contributed by atoms with Crippen molar-refractivity contribution in [2.45, 2.75) is 84.5 Å². The van der Waals surface area contributed by atoms with Crippen molar-refractivity contribution < 1.29 is 9.53 Å². The molecule has 0 radical (unpaired) electrons. The second kappa shape index (κ2) is 12.5. The van der Waals surface area contributed by atoms with Crippen LogP contribution in [-0.2, 0) is 9.53 Å². The maximum absolute atomic E-state index is 11.2. The average Bonchev–Trinajstić information content (AvgIpc) is 2.51. The van der Waals surface area contributed by atoms with Gasteiger partial charge in [-0.05, 0) is 64.7 Å². The molecule has 1 aliphatic rings. The van der Waals surface area contributed by atoms with Gasteiger partial charge in [-0.2, -0.15) is 0 Å². The first-order chi connectivity index (χ1) is 10.7. The summed E-state index contributed by atoms with van der Waals surface area (Å²) in [6.07, 6.45) is 20.1. The van der Waals surface area contributed by atoms with Crippen molar-refractivity contribution >= 4 is 5.97 Å². The van der Waals surface area contributed by atoms with Crippen molar-refractivity contribution in [3.8, 4) is 0 Å². The Morgan fingerprint density at radius 1 is 1.23 bits per heavy atom. The smallest absolute Gasteiger partial charge is 0.305 e. The fourth-order valence-electron chi connectivity index (χ4n) is 3.07. The SMILES string of the molecule is CCOC(=O)CCCCCCC/C=C/C[C@H]1CCCC=C1C. The van der Waals surface area contributed by atoms with E-state index in [1.165, 1.54) is 51.4 Å². The Hall–Kier alpha value is -1.05. The maximum Gasteiger partial charge on any atom is 0.305 e. The van der Waals surface area contributed by atoms with Crippen molar-refractivity contribution in [3.05, 3.63) is 23.8 Å². The molecule has 1 rings (SSSR count). The number of rotatable bonds is 11. The van der Waals surface area contributed by atoms with Gasteiger partial charge < -0.3 is 4.74 Å². The molecule has 0 heterocycles. The molecule has 0 unspecified atom stereocenters. The van der Waals surface area contributed by atoms with Gasteiger partial charge in [0.05, 0.1) is 6.61 Å². The van der Waals surface area contributed by atoms with Crippen LogP contribution >= 0.6 is 0 Å². The molecule has 0 aliphatic heterocycles. The summed E-state index contributed by atoms with van der Waals surface area (Å²) in [5, 5.41) is 0. The molecule has 0 bridgehead atoms. The fourth-order valence-corrected chi connectivity index (χ4v) is 3.07. The molecule has 0 aromatic rings. The van der Waals surface area contributed by atoms with Crippen LogP contribution in [0.4, 0.5) is 0 Å². The quantitative estimate of drug-likeness (QED) is 0.267. The predicted molar refractivity (Wildman–Crippen MR) is 93.8 cm³/mol. The van der Waals surface area contributed by atoms with Gasteiger partial charge in [0.15, 0.2) is 0 Å². The van der Waals surface area contributed by atoms with Crippen LogP contribution in [0.25, 0.3) is 0 Å². The lowest BCUT2D eigenvalue weighted by atomic mass is 9.86. The third-order valence-corrected chi connectivity index (χ3v) is 4.51. The van der Waals surface area contributed by atoms with Crippen LogP contribution < -0.4 is 0 Å². The highest BCUT2D eigenvalue weighted by molar-refractivity contribution is 5.69. The van der Waals surface area contributed by atoms with Crippen LogP contribution in [0.5, 0.6) is 0 Å². The van der Waals surface area contributed by atoms with E-state index >= 15 is 0 Å². The van der Waals surface area contributed by atoms with Gasteiger partial charge in [-0.15, -0.1) is 0 Å². The van der Waals surface area contributed by atoms with Crippen LogP contribution in [0.3, 0.4) is 0 Å². The molecule has 0 aromatic carbocycles. The molecular formula is C20H34O2. The highest BCUT2D eigenvalue weighted by atomic mass is 16.5. The summed E-state index contributed by atoms with van der Waals surface area (Å²) in [5.74, 6) is 0.755. The zero-order valence-electron chi connectivity index (χ0n) is 14.6. The molecule has 22 heavy (non-hydrogen) atoms. The van der Waals surface area contributed by atoms with E-state index in [4.69, 9.17) is 4.74 Å². The zero-order chi connectivity index (χ0) is 16.0. The average molecular weight is 306 g/mol. The van der Waals surface area contributed by atoms with Gasteiger partial charge in [0.1, 0.15) is 0 Å². The first-order valence-corrected chi connectivity index (χ1v) is 9.21. The van der Waals surface area contributed by atoms with Crippen molar-refractivity contribution in [2.24, 2.45) is 5.92 Å². The van der Waals surface area contributed by atoms with Crippen LogP contribution in [0.2, 0.25) is 0 Å². The van der Waals surface area contributed by atoms with E-state index in [-0.39, 0.29) is 5.97 Å². The Balaban J connectivity index is 1.91. The third-order valence-electron chi connectivity index (χ3n) is 4.51. The summed E-state index contributed by atoms with van der Waals surface area (Å²) in [5.41, 5.74) is 1.59. The molecule has 126 valence electrons. The van der Waals surface area contributed by atoms with E-state index in [2.05, 4.69) is 25.2 Å². The number of unbranched alkanes of at least 4 members (excludes halogenated alkanes) is 5. The minimum Gasteiger partial charge on any atom is -0.466 e. The van der Waals surface area contributed by atoms with Crippen LogP contribution in [0.1, 0.15) is 84.5 Å². The Morgan fingerprint density at radius 3 is 2.77 bits per heavy atom. The minimum absolute atomic E-state index is 0.0440. The molecule has 2 heteroatoms. The molecule has 0 N–H and O–H groups in total. The largest absolute Gasteiger partial charge is 0.466 e. The molecule has 1 aliphatic carbocycles. The van der Waals surface area contributed by atoms with Gasteiger partial charge >= 0.3 is 5.97 Å². The highest BCUT2D eigenvalue weighted by Crippen LogP contribution is 2.27. The number of carbonyl (C=O) groups excluding carboxylic acids is 1. The lowest BCUT2D eigenvalue weighted by Crippen LogP contribution is -2.04. The van der Waals surface area contributed by atoms with E-state index in [9.17, 15) is 4.79 Å². The molecule has 0 fully saturated rings. The second-order valence-electron chi connectivity index (χ2n) is 6.39. The summed E-state index contributed by atoms with van der Waals surface area (Å²) < 4.78 is 4.92. The number of hydrogen-bond acceptors (Lipinski definition) is 2. The van der Waals surface area contributed by atoms with Crippen LogP contribution in [0.15, 0.2) is 23.8 Å². The Kier molecular flexibility index (Phi) is 10.8. The van der Waals surface area contributed by atoms with Crippen molar-refractivity contribution in [3.63, 3.8) is 0 Å². The molecule has 0 aromatic heterocycles. The van der Waals surface area contributed by atoms with E-state index in [0.29, 0.717) is 13.0 Å². The highest BCUT2D eigenvalue weighted by Gasteiger charge is 2.11. The van der Waals surface area contributed by atoms with E-state index in [1.54, 1.807) is 5.57 Å². The van der Waals surface area contributed by atoms with Gasteiger partial charge in [0.25, 0.3) is 0 Å². The van der Waals surface area contributed by atoms with E-state index in [0.717, 1.165) is 18.8 Å². The van der Waals surface area contributed by atoms with E-state index in [1.807, 2.05) is 6.92 Å². The molecule has 2 nitrogen and oxygen atoms in total. The second-order valence-corrected chi connectivity index (χ2v) is 6.39. The summed E-state index contributed by atoms with van der Waals surface area (Å²) in [6.45, 7) is 4.65. The number of carbonyl (C=O) groups is 1. The zero-order valence-corrected chi connectivity index (χ0v) is 14.6. The lowest BCUT2D eigenvalue weighted by Gasteiger charge is -2.20. The van der Waals surface area contributed by atoms with Gasteiger partial charge in [0, 0.05) is 6.42 Å². The van der Waals surface area contributed by atoms with Crippen LogP contribution in [-0.4, -0.2) is 12.6 Å². The van der Waals surface area contributed by atoms with Gasteiger partial charge in [-0.3, -0.25) is 4.79 Å². The molecular weight excluding hydrogens is 272 g/mol. The summed E-state index contributed by atoms with van der Waals surface area (Å²) in [4.78, 5) is 11.2. The maximum atomic E-state index is 11.2. The Morgan fingerprint density at radius 2 is 2.00 bits per heavy atom. The predicted octanol–water partition coefficient (Wildman–Crippen LogP) is 5.97. The summed E-state index contributed by atoms with van der Waals surface area (Å²) >= 11 is 0. The summed E-state index contributed by atoms with van der Waals surface area (Å²) in [6, 6.07) is 0. The molecule has 0 saturated carbocycles. The topological polar surface area (TPSA) is 26.3 Å². The van der Waals surface area contributed by atoms with Gasteiger partial charge in [-0.25, -0.2) is 0 Å². The number of allylic oxidation sites excluding steroid dienone is 4. The number of esters is 1. The van der Waals surface area contributed by atoms with Crippen LogP contribution in [0, 0.1) is 5.92 Å². The van der Waals surface area contributed by atoms with Crippen molar-refractivity contribution in [1.29, 1.82) is 0 Å². The standard InChI is InChI=1S/C20H34O2/c1-3-22-20(21)17-11-9-7-5-4-6-8-10-15-19-16-13-12-14-18(19)2/h8,10,14,19H,3-7,9,11-13,15-17H2,1-2H3/b10-8+/t19-/m0/s1. The lowest BCUT2D eigenvalue weighted by molar-refractivity contribution is -0.143. The number of hydrogen-bond donors (Lipinski definition) is 0. The Labute approximate surface area is 137 Å². The molecule has 0 spiro atoms.